The maximum atomic E-state index is 4.27. The van der Waals surface area contributed by atoms with Crippen molar-refractivity contribution in [2.75, 3.05) is 0 Å². The van der Waals surface area contributed by atoms with Crippen molar-refractivity contribution in [1.82, 2.24) is 10.3 Å². The standard InChI is InChI=1S/C17H28N2/c1-13-6-14(10-18-9-13)11-19-15-7-16(2,3)12-17(4,5)8-15/h6,9-10,15,19H,7-8,11-12H2,1-5H3. The lowest BCUT2D eigenvalue weighted by Gasteiger charge is -2.45. The van der Waals surface area contributed by atoms with Crippen LogP contribution in [0.4, 0.5) is 0 Å². The quantitative estimate of drug-likeness (QED) is 0.885. The maximum Gasteiger partial charge on any atom is 0.0313 e. The lowest BCUT2D eigenvalue weighted by atomic mass is 9.63. The summed E-state index contributed by atoms with van der Waals surface area (Å²) >= 11 is 0. The zero-order valence-electron chi connectivity index (χ0n) is 13.1. The topological polar surface area (TPSA) is 24.9 Å². The van der Waals surface area contributed by atoms with Gasteiger partial charge in [0.15, 0.2) is 0 Å². The summed E-state index contributed by atoms with van der Waals surface area (Å²) in [5, 5.41) is 3.74. The molecule has 1 N–H and O–H groups in total. The molecule has 2 nitrogen and oxygen atoms in total. The highest BCUT2D eigenvalue weighted by Crippen LogP contribution is 2.45. The summed E-state index contributed by atoms with van der Waals surface area (Å²) in [6, 6.07) is 2.85. The zero-order chi connectivity index (χ0) is 14.1. The molecule has 1 saturated carbocycles. The Kier molecular flexibility index (Phi) is 4.00. The minimum atomic E-state index is 0.449. The van der Waals surface area contributed by atoms with Gasteiger partial charge in [0.2, 0.25) is 0 Å². The number of nitrogens with zero attached hydrogens (tertiary/aromatic N) is 1. The van der Waals surface area contributed by atoms with E-state index >= 15 is 0 Å². The predicted molar refractivity (Wildman–Crippen MR) is 81.0 cm³/mol. The van der Waals surface area contributed by atoms with Gasteiger partial charge in [0.05, 0.1) is 0 Å². The van der Waals surface area contributed by atoms with Crippen molar-refractivity contribution >= 4 is 0 Å². The van der Waals surface area contributed by atoms with Gasteiger partial charge in [0, 0.05) is 25.0 Å². The Morgan fingerprint density at radius 3 is 2.37 bits per heavy atom. The van der Waals surface area contributed by atoms with Gasteiger partial charge in [-0.15, -0.1) is 0 Å². The fourth-order valence-electron chi connectivity index (χ4n) is 3.97. The summed E-state index contributed by atoms with van der Waals surface area (Å²) in [4.78, 5) is 4.27. The summed E-state index contributed by atoms with van der Waals surface area (Å²) in [6.07, 6.45) is 7.75. The van der Waals surface area contributed by atoms with Crippen molar-refractivity contribution in [2.45, 2.75) is 66.5 Å². The number of hydrogen-bond donors (Lipinski definition) is 1. The molecule has 2 heteroatoms. The van der Waals surface area contributed by atoms with Crippen LogP contribution in [0.2, 0.25) is 0 Å². The summed E-state index contributed by atoms with van der Waals surface area (Å²) in [5.74, 6) is 0. The molecule has 1 aromatic rings. The van der Waals surface area contributed by atoms with E-state index in [4.69, 9.17) is 0 Å². The number of rotatable bonds is 3. The second kappa shape index (κ2) is 5.24. The van der Waals surface area contributed by atoms with Crippen LogP contribution in [-0.4, -0.2) is 11.0 Å². The van der Waals surface area contributed by atoms with Crippen molar-refractivity contribution < 1.29 is 0 Å². The van der Waals surface area contributed by atoms with Crippen LogP contribution in [0.1, 0.15) is 58.1 Å². The number of pyridine rings is 1. The summed E-state index contributed by atoms with van der Waals surface area (Å²) in [5.41, 5.74) is 3.43. The molecule has 0 atom stereocenters. The Balaban J connectivity index is 1.96. The van der Waals surface area contributed by atoms with Crippen LogP contribution in [0.3, 0.4) is 0 Å². The SMILES string of the molecule is Cc1cncc(CNC2CC(C)(C)CC(C)(C)C2)c1. The van der Waals surface area contributed by atoms with Gasteiger partial charge in [-0.2, -0.15) is 0 Å². The first-order valence-electron chi connectivity index (χ1n) is 7.40. The van der Waals surface area contributed by atoms with E-state index in [2.05, 4.69) is 51.0 Å². The van der Waals surface area contributed by atoms with Gasteiger partial charge in [-0.1, -0.05) is 33.8 Å². The molecule has 0 radical (unpaired) electrons. The molecule has 0 spiro atoms. The van der Waals surface area contributed by atoms with Gasteiger partial charge in [-0.25, -0.2) is 0 Å². The van der Waals surface area contributed by atoms with E-state index < -0.39 is 0 Å². The minimum absolute atomic E-state index is 0.449. The Morgan fingerprint density at radius 1 is 1.16 bits per heavy atom. The van der Waals surface area contributed by atoms with Gasteiger partial charge >= 0.3 is 0 Å². The first kappa shape index (κ1) is 14.5. The minimum Gasteiger partial charge on any atom is -0.310 e. The lowest BCUT2D eigenvalue weighted by Crippen LogP contribution is -2.43. The number of aromatic nitrogens is 1. The number of aryl methyl sites for hydroxylation is 1. The molecule has 1 aliphatic rings. The van der Waals surface area contributed by atoms with Crippen molar-refractivity contribution in [1.29, 1.82) is 0 Å². The van der Waals surface area contributed by atoms with E-state index in [-0.39, 0.29) is 0 Å². The molecule has 0 amide bonds. The Hall–Kier alpha value is -0.890. The van der Waals surface area contributed by atoms with E-state index in [0.717, 1.165) is 6.54 Å². The monoisotopic (exact) mass is 260 g/mol. The summed E-state index contributed by atoms with van der Waals surface area (Å²) < 4.78 is 0. The molecule has 0 saturated heterocycles. The van der Waals surface area contributed by atoms with Gasteiger partial charge in [-0.05, 0) is 48.1 Å². The largest absolute Gasteiger partial charge is 0.310 e. The van der Waals surface area contributed by atoms with Crippen LogP contribution in [0, 0.1) is 17.8 Å². The molecule has 1 fully saturated rings. The maximum absolute atomic E-state index is 4.27. The van der Waals surface area contributed by atoms with Crippen molar-refractivity contribution in [3.05, 3.63) is 29.6 Å². The predicted octanol–water partition coefficient (Wildman–Crippen LogP) is 4.08. The van der Waals surface area contributed by atoms with E-state index in [1.165, 1.54) is 30.4 Å². The third kappa shape index (κ3) is 4.31. The summed E-state index contributed by atoms with van der Waals surface area (Å²) in [7, 11) is 0. The van der Waals surface area contributed by atoms with E-state index in [1.54, 1.807) is 0 Å². The molecule has 0 bridgehead atoms. The molecular formula is C17H28N2. The molecule has 0 aromatic carbocycles. The first-order valence-corrected chi connectivity index (χ1v) is 7.40. The van der Waals surface area contributed by atoms with Gasteiger partial charge < -0.3 is 5.32 Å². The first-order chi connectivity index (χ1) is 8.76. The Morgan fingerprint density at radius 2 is 1.79 bits per heavy atom. The normalized spacial score (nSPS) is 22.4. The molecule has 1 aromatic heterocycles. The van der Waals surface area contributed by atoms with E-state index in [0.29, 0.717) is 16.9 Å². The highest BCUT2D eigenvalue weighted by molar-refractivity contribution is 5.16. The molecule has 0 unspecified atom stereocenters. The zero-order valence-corrected chi connectivity index (χ0v) is 13.1. The highest BCUT2D eigenvalue weighted by atomic mass is 14.9. The molecule has 106 valence electrons. The van der Waals surface area contributed by atoms with Gasteiger partial charge in [0.25, 0.3) is 0 Å². The van der Waals surface area contributed by atoms with Gasteiger partial charge in [-0.3, -0.25) is 4.98 Å². The highest BCUT2D eigenvalue weighted by Gasteiger charge is 2.38. The van der Waals surface area contributed by atoms with Crippen molar-refractivity contribution in [2.24, 2.45) is 10.8 Å². The molecule has 1 heterocycles. The van der Waals surface area contributed by atoms with Crippen molar-refractivity contribution in [3.63, 3.8) is 0 Å². The van der Waals surface area contributed by atoms with Gasteiger partial charge in [0.1, 0.15) is 0 Å². The van der Waals surface area contributed by atoms with Crippen LogP contribution in [0.25, 0.3) is 0 Å². The molecule has 2 rings (SSSR count). The molecule has 19 heavy (non-hydrogen) atoms. The lowest BCUT2D eigenvalue weighted by molar-refractivity contribution is 0.0845. The molecule has 0 aliphatic heterocycles. The average Bonchev–Trinajstić information content (AvgIpc) is 2.22. The molecular weight excluding hydrogens is 232 g/mol. The van der Waals surface area contributed by atoms with Crippen LogP contribution >= 0.6 is 0 Å². The third-order valence-corrected chi connectivity index (χ3v) is 4.08. The van der Waals surface area contributed by atoms with E-state index in [9.17, 15) is 0 Å². The van der Waals surface area contributed by atoms with Crippen molar-refractivity contribution in [3.8, 4) is 0 Å². The van der Waals surface area contributed by atoms with Crippen LogP contribution in [0.15, 0.2) is 18.5 Å². The summed E-state index contributed by atoms with van der Waals surface area (Å²) in [6.45, 7) is 12.6. The number of nitrogens with one attached hydrogen (secondary N) is 1. The van der Waals surface area contributed by atoms with Crippen LogP contribution < -0.4 is 5.32 Å². The fourth-order valence-corrected chi connectivity index (χ4v) is 3.97. The Labute approximate surface area is 118 Å². The second-order valence-corrected chi connectivity index (χ2v) is 7.86. The fraction of sp³-hybridized carbons (Fsp3) is 0.706. The third-order valence-electron chi connectivity index (χ3n) is 4.08. The van der Waals surface area contributed by atoms with E-state index in [1.807, 2.05) is 12.4 Å². The second-order valence-electron chi connectivity index (χ2n) is 7.86. The average molecular weight is 260 g/mol. The smallest absolute Gasteiger partial charge is 0.0313 e. The Bertz CT molecular complexity index is 419. The van der Waals surface area contributed by atoms with Crippen LogP contribution in [-0.2, 0) is 6.54 Å². The molecule has 1 aliphatic carbocycles. The number of hydrogen-bond acceptors (Lipinski definition) is 2. The van der Waals surface area contributed by atoms with Crippen LogP contribution in [0.5, 0.6) is 0 Å².